The molecule has 0 unspecified atom stereocenters. The maximum atomic E-state index is 12.8. The molecule has 1 heterocycles. The molecule has 1 aliphatic heterocycles. The van der Waals surface area contributed by atoms with E-state index >= 15 is 0 Å². The lowest BCUT2D eigenvalue weighted by Crippen LogP contribution is -2.43. The van der Waals surface area contributed by atoms with E-state index in [9.17, 15) is 18.0 Å². The van der Waals surface area contributed by atoms with Gasteiger partial charge in [-0.1, -0.05) is 24.3 Å². The second-order valence-electron chi connectivity index (χ2n) is 6.18. The third kappa shape index (κ3) is 3.48. The Hall–Kier alpha value is -2.50. The first-order valence-corrected chi connectivity index (χ1v) is 8.02. The summed E-state index contributed by atoms with van der Waals surface area (Å²) in [6.45, 7) is 3.49. The van der Waals surface area contributed by atoms with E-state index < -0.39 is 17.8 Å². The number of rotatable bonds is 3. The zero-order chi connectivity index (χ0) is 18.2. The quantitative estimate of drug-likeness (QED) is 0.819. The molecule has 0 aromatic heterocycles. The van der Waals surface area contributed by atoms with Crippen LogP contribution >= 0.6 is 0 Å². The van der Waals surface area contributed by atoms with Gasteiger partial charge in [-0.05, 0) is 50.1 Å². The average molecular weight is 349 g/mol. The number of nitrogens with zero attached hydrogens (tertiary/aromatic N) is 1. The largest absolute Gasteiger partial charge is 0.481 e. The Kier molecular flexibility index (Phi) is 4.45. The van der Waals surface area contributed by atoms with Crippen molar-refractivity contribution in [3.05, 3.63) is 59.7 Å². The molecule has 2 aromatic rings. The van der Waals surface area contributed by atoms with E-state index in [0.29, 0.717) is 0 Å². The predicted octanol–water partition coefficient (Wildman–Crippen LogP) is 4.45. The van der Waals surface area contributed by atoms with Gasteiger partial charge in [-0.15, -0.1) is 0 Å². The van der Waals surface area contributed by atoms with Gasteiger partial charge in [-0.3, -0.25) is 4.79 Å². The van der Waals surface area contributed by atoms with Crippen molar-refractivity contribution in [3.63, 3.8) is 0 Å². The Morgan fingerprint density at radius 2 is 1.92 bits per heavy atom. The van der Waals surface area contributed by atoms with Gasteiger partial charge in [-0.2, -0.15) is 13.2 Å². The van der Waals surface area contributed by atoms with Gasteiger partial charge in [0.1, 0.15) is 5.75 Å². The van der Waals surface area contributed by atoms with Crippen LogP contribution in [0.2, 0.25) is 0 Å². The van der Waals surface area contributed by atoms with E-state index in [1.54, 1.807) is 11.8 Å². The molecule has 0 radical (unpaired) electrons. The minimum absolute atomic E-state index is 0.0162. The Labute approximate surface area is 144 Å². The number of fused-ring (bicyclic) bond motifs is 1. The summed E-state index contributed by atoms with van der Waals surface area (Å²) in [7, 11) is 0. The number of anilines is 1. The molecular weight excluding hydrogens is 331 g/mol. The molecule has 1 amide bonds. The van der Waals surface area contributed by atoms with Crippen LogP contribution in [0.25, 0.3) is 0 Å². The first-order valence-electron chi connectivity index (χ1n) is 8.02. The minimum Gasteiger partial charge on any atom is -0.481 e. The molecule has 1 aliphatic rings. The summed E-state index contributed by atoms with van der Waals surface area (Å²) in [6.07, 6.45) is -4.59. The predicted molar refractivity (Wildman–Crippen MR) is 88.6 cm³/mol. The van der Waals surface area contributed by atoms with Crippen LogP contribution in [0.15, 0.2) is 48.5 Å². The Balaban J connectivity index is 1.78. The lowest BCUT2D eigenvalue weighted by Gasteiger charge is -2.26. The highest BCUT2D eigenvalue weighted by Gasteiger charge is 2.34. The number of ether oxygens (including phenoxy) is 1. The summed E-state index contributed by atoms with van der Waals surface area (Å²) in [5.74, 6) is -0.245. The first kappa shape index (κ1) is 17.3. The smallest absolute Gasteiger partial charge is 0.416 e. The molecular formula is C19H18F3NO2. The van der Waals surface area contributed by atoms with Gasteiger partial charge < -0.3 is 9.64 Å². The van der Waals surface area contributed by atoms with Crippen molar-refractivity contribution in [2.24, 2.45) is 0 Å². The van der Waals surface area contributed by atoms with Gasteiger partial charge in [0.05, 0.1) is 5.56 Å². The van der Waals surface area contributed by atoms with Crippen molar-refractivity contribution in [1.82, 2.24) is 0 Å². The summed E-state index contributed by atoms with van der Waals surface area (Å²) in [5, 5.41) is 0. The summed E-state index contributed by atoms with van der Waals surface area (Å²) < 4.78 is 43.9. The molecule has 25 heavy (non-hydrogen) atoms. The molecule has 3 nitrogen and oxygen atoms in total. The molecule has 2 atom stereocenters. The number of alkyl halides is 3. The van der Waals surface area contributed by atoms with Crippen LogP contribution in [-0.2, 0) is 17.4 Å². The molecule has 0 saturated carbocycles. The van der Waals surface area contributed by atoms with Crippen molar-refractivity contribution in [1.29, 1.82) is 0 Å². The average Bonchev–Trinajstić information content (AvgIpc) is 2.89. The van der Waals surface area contributed by atoms with Gasteiger partial charge in [0, 0.05) is 11.7 Å². The third-order valence-electron chi connectivity index (χ3n) is 4.27. The van der Waals surface area contributed by atoms with E-state index in [-0.39, 0.29) is 17.7 Å². The fourth-order valence-electron chi connectivity index (χ4n) is 3.10. The van der Waals surface area contributed by atoms with Crippen molar-refractivity contribution in [3.8, 4) is 5.75 Å². The van der Waals surface area contributed by atoms with Crippen LogP contribution in [0.4, 0.5) is 18.9 Å². The van der Waals surface area contributed by atoms with Gasteiger partial charge in [0.2, 0.25) is 0 Å². The third-order valence-corrected chi connectivity index (χ3v) is 4.27. The van der Waals surface area contributed by atoms with Crippen LogP contribution < -0.4 is 9.64 Å². The standard InChI is InChI=1S/C19H18F3NO2/c1-12-10-14-6-3-4-9-17(14)23(12)18(24)13(2)25-16-8-5-7-15(11-16)19(20,21)22/h3-9,11-13H,10H2,1-2H3/t12-,13+/m0/s1. The highest BCUT2D eigenvalue weighted by molar-refractivity contribution is 5.99. The molecule has 132 valence electrons. The number of hydrogen-bond acceptors (Lipinski definition) is 2. The molecule has 0 fully saturated rings. The van der Waals surface area contributed by atoms with Crippen molar-refractivity contribution >= 4 is 11.6 Å². The van der Waals surface area contributed by atoms with Gasteiger partial charge >= 0.3 is 6.18 Å². The highest BCUT2D eigenvalue weighted by atomic mass is 19.4. The summed E-state index contributed by atoms with van der Waals surface area (Å²) in [5.41, 5.74) is 1.11. The van der Waals surface area contributed by atoms with Crippen LogP contribution in [-0.4, -0.2) is 18.1 Å². The summed E-state index contributed by atoms with van der Waals surface area (Å²) >= 11 is 0. The van der Waals surface area contributed by atoms with Gasteiger partial charge in [0.15, 0.2) is 6.10 Å². The lowest BCUT2D eigenvalue weighted by atomic mass is 10.1. The maximum absolute atomic E-state index is 12.8. The summed E-state index contributed by atoms with van der Waals surface area (Å²) in [4.78, 5) is 14.4. The highest BCUT2D eigenvalue weighted by Crippen LogP contribution is 2.34. The van der Waals surface area contributed by atoms with Gasteiger partial charge in [0.25, 0.3) is 5.91 Å². The Morgan fingerprint density at radius 3 is 2.64 bits per heavy atom. The van der Waals surface area contributed by atoms with E-state index in [0.717, 1.165) is 29.8 Å². The number of benzene rings is 2. The van der Waals surface area contributed by atoms with Crippen LogP contribution in [0, 0.1) is 0 Å². The minimum atomic E-state index is -4.45. The molecule has 0 N–H and O–H groups in total. The zero-order valence-electron chi connectivity index (χ0n) is 13.9. The molecule has 6 heteroatoms. The number of para-hydroxylation sites is 1. The first-order chi connectivity index (χ1) is 11.8. The Morgan fingerprint density at radius 1 is 1.20 bits per heavy atom. The molecule has 2 aromatic carbocycles. The number of amides is 1. The van der Waals surface area contributed by atoms with Crippen molar-refractivity contribution < 1.29 is 22.7 Å². The second-order valence-corrected chi connectivity index (χ2v) is 6.18. The maximum Gasteiger partial charge on any atom is 0.416 e. The number of hydrogen-bond donors (Lipinski definition) is 0. The fourth-order valence-corrected chi connectivity index (χ4v) is 3.10. The fraction of sp³-hybridized carbons (Fsp3) is 0.316. The molecule has 3 rings (SSSR count). The van der Waals surface area contributed by atoms with Gasteiger partial charge in [-0.25, -0.2) is 0 Å². The van der Waals surface area contributed by atoms with Crippen LogP contribution in [0.3, 0.4) is 0 Å². The molecule has 0 bridgehead atoms. The second kappa shape index (κ2) is 6.43. The van der Waals surface area contributed by atoms with E-state index in [1.165, 1.54) is 12.1 Å². The number of carbonyl (C=O) groups is 1. The SMILES string of the molecule is C[C@@H](Oc1cccc(C(F)(F)F)c1)C(=O)N1c2ccccc2C[C@@H]1C. The van der Waals surface area contributed by atoms with E-state index in [1.807, 2.05) is 31.2 Å². The van der Waals surface area contributed by atoms with Crippen LogP contribution in [0.1, 0.15) is 25.0 Å². The topological polar surface area (TPSA) is 29.5 Å². The van der Waals surface area contributed by atoms with E-state index in [2.05, 4.69) is 0 Å². The summed E-state index contributed by atoms with van der Waals surface area (Å²) in [6, 6.07) is 12.2. The normalized spacial score (nSPS) is 18.0. The Bertz CT molecular complexity index is 788. The molecule has 0 spiro atoms. The van der Waals surface area contributed by atoms with Crippen molar-refractivity contribution in [2.75, 3.05) is 4.90 Å². The number of halogens is 3. The van der Waals surface area contributed by atoms with E-state index in [4.69, 9.17) is 4.74 Å². The zero-order valence-corrected chi connectivity index (χ0v) is 13.9. The van der Waals surface area contributed by atoms with Crippen molar-refractivity contribution in [2.45, 2.75) is 38.6 Å². The number of carbonyl (C=O) groups excluding carboxylic acids is 1. The van der Waals surface area contributed by atoms with Crippen LogP contribution in [0.5, 0.6) is 5.75 Å². The molecule has 0 saturated heterocycles. The molecule has 0 aliphatic carbocycles. The monoisotopic (exact) mass is 349 g/mol. The lowest BCUT2D eigenvalue weighted by molar-refractivity contribution is -0.137.